The molecule has 6 heteroatoms. The monoisotopic (exact) mass is 349 g/mol. The van der Waals surface area contributed by atoms with Gasteiger partial charge in [0, 0.05) is 24.2 Å². The van der Waals surface area contributed by atoms with Crippen LogP contribution in [-0.4, -0.2) is 30.0 Å². The first-order valence-electron chi connectivity index (χ1n) is 8.14. The average molecular weight is 349 g/mol. The van der Waals surface area contributed by atoms with Crippen LogP contribution in [0.15, 0.2) is 42.5 Å². The minimum absolute atomic E-state index is 0.0593. The van der Waals surface area contributed by atoms with Crippen LogP contribution in [-0.2, 0) is 11.3 Å². The second kappa shape index (κ2) is 7.70. The van der Waals surface area contributed by atoms with Gasteiger partial charge in [0.25, 0.3) is 5.91 Å². The Morgan fingerprint density at radius 3 is 2.76 bits per heavy atom. The number of piperidine rings is 1. The summed E-state index contributed by atoms with van der Waals surface area (Å²) in [5.74, 6) is -2.54. The van der Waals surface area contributed by atoms with Crippen molar-refractivity contribution in [3.05, 3.63) is 71.0 Å². The molecule has 0 radical (unpaired) electrons. The number of carbonyl (C=O) groups is 1. The summed E-state index contributed by atoms with van der Waals surface area (Å²) in [6.45, 7) is 0.839. The SMILES string of the molecule is O=C(c1cccc(F)c1)N1CCC[C@H](OCc2cccc(F)c2F)C1. The Morgan fingerprint density at radius 2 is 1.96 bits per heavy atom. The third kappa shape index (κ3) is 4.20. The van der Waals surface area contributed by atoms with Gasteiger partial charge in [0.15, 0.2) is 11.6 Å². The molecule has 1 heterocycles. The molecule has 3 nitrogen and oxygen atoms in total. The van der Waals surface area contributed by atoms with E-state index in [1.165, 1.54) is 30.3 Å². The second-order valence-electron chi connectivity index (χ2n) is 6.05. The van der Waals surface area contributed by atoms with Crippen LogP contribution in [0.5, 0.6) is 0 Å². The average Bonchev–Trinajstić information content (AvgIpc) is 2.62. The molecular formula is C19H18F3NO2. The van der Waals surface area contributed by atoms with Gasteiger partial charge >= 0.3 is 0 Å². The Bertz CT molecular complexity index is 766. The number of carbonyl (C=O) groups excluding carboxylic acids is 1. The number of hydrogen-bond acceptors (Lipinski definition) is 2. The molecular weight excluding hydrogens is 331 g/mol. The zero-order valence-electron chi connectivity index (χ0n) is 13.6. The predicted molar refractivity (Wildman–Crippen MR) is 86.5 cm³/mol. The molecule has 1 fully saturated rings. The smallest absolute Gasteiger partial charge is 0.254 e. The number of halogens is 3. The van der Waals surface area contributed by atoms with Crippen LogP contribution in [0.3, 0.4) is 0 Å². The Labute approximate surface area is 144 Å². The number of nitrogens with zero attached hydrogens (tertiary/aromatic N) is 1. The standard InChI is InChI=1S/C19H18F3NO2/c20-15-6-1-4-13(10-15)19(24)23-9-3-7-16(11-23)25-12-14-5-2-8-17(21)18(14)22/h1-2,4-6,8,10,16H,3,7,9,11-12H2/t16-/m0/s1. The number of likely N-dealkylation sites (tertiary alicyclic amines) is 1. The van der Waals surface area contributed by atoms with E-state index in [0.717, 1.165) is 18.9 Å². The highest BCUT2D eigenvalue weighted by Gasteiger charge is 2.25. The molecule has 1 aliphatic rings. The molecule has 2 aromatic carbocycles. The highest BCUT2D eigenvalue weighted by molar-refractivity contribution is 5.94. The molecule has 1 aliphatic heterocycles. The fourth-order valence-electron chi connectivity index (χ4n) is 2.93. The molecule has 1 amide bonds. The fraction of sp³-hybridized carbons (Fsp3) is 0.316. The van der Waals surface area contributed by atoms with Crippen molar-refractivity contribution in [2.45, 2.75) is 25.6 Å². The Balaban J connectivity index is 1.61. The van der Waals surface area contributed by atoms with Crippen molar-refractivity contribution in [1.29, 1.82) is 0 Å². The molecule has 0 N–H and O–H groups in total. The van der Waals surface area contributed by atoms with Crippen LogP contribution < -0.4 is 0 Å². The van der Waals surface area contributed by atoms with Gasteiger partial charge in [-0.05, 0) is 37.1 Å². The molecule has 0 spiro atoms. The number of hydrogen-bond donors (Lipinski definition) is 0. The van der Waals surface area contributed by atoms with Gasteiger partial charge in [-0.3, -0.25) is 4.79 Å². The summed E-state index contributed by atoms with van der Waals surface area (Å²) >= 11 is 0. The van der Waals surface area contributed by atoms with Crippen molar-refractivity contribution in [3.8, 4) is 0 Å². The molecule has 3 rings (SSSR count). The van der Waals surface area contributed by atoms with Crippen LogP contribution in [0.25, 0.3) is 0 Å². The summed E-state index contributed by atoms with van der Waals surface area (Å²) in [6, 6.07) is 9.50. The van der Waals surface area contributed by atoms with Crippen molar-refractivity contribution in [2.24, 2.45) is 0 Å². The van der Waals surface area contributed by atoms with Gasteiger partial charge in [-0.15, -0.1) is 0 Å². The van der Waals surface area contributed by atoms with E-state index >= 15 is 0 Å². The molecule has 1 saturated heterocycles. The van der Waals surface area contributed by atoms with Crippen molar-refractivity contribution in [2.75, 3.05) is 13.1 Å². The van der Waals surface area contributed by atoms with Crippen molar-refractivity contribution < 1.29 is 22.7 Å². The van der Waals surface area contributed by atoms with Gasteiger partial charge in [0.05, 0.1) is 12.7 Å². The van der Waals surface area contributed by atoms with Crippen LogP contribution in [0.1, 0.15) is 28.8 Å². The van der Waals surface area contributed by atoms with Crippen LogP contribution in [0.4, 0.5) is 13.2 Å². The summed E-state index contributed by atoms with van der Waals surface area (Å²) in [5.41, 5.74) is 0.436. The largest absolute Gasteiger partial charge is 0.372 e. The van der Waals surface area contributed by atoms with E-state index in [9.17, 15) is 18.0 Å². The molecule has 0 bridgehead atoms. The number of benzene rings is 2. The maximum atomic E-state index is 13.7. The molecule has 1 atom stereocenters. The molecule has 0 aromatic heterocycles. The minimum Gasteiger partial charge on any atom is -0.372 e. The van der Waals surface area contributed by atoms with E-state index in [4.69, 9.17) is 4.74 Å². The number of rotatable bonds is 4. The van der Waals surface area contributed by atoms with E-state index in [0.29, 0.717) is 13.1 Å². The molecule has 132 valence electrons. The molecule has 0 aliphatic carbocycles. The van der Waals surface area contributed by atoms with Gasteiger partial charge in [-0.2, -0.15) is 0 Å². The van der Waals surface area contributed by atoms with Crippen molar-refractivity contribution in [3.63, 3.8) is 0 Å². The first kappa shape index (κ1) is 17.5. The highest BCUT2D eigenvalue weighted by Crippen LogP contribution is 2.19. The quantitative estimate of drug-likeness (QED) is 0.837. The summed E-state index contributed by atoms with van der Waals surface area (Å²) in [6.07, 6.45) is 1.19. The van der Waals surface area contributed by atoms with Gasteiger partial charge in [-0.1, -0.05) is 18.2 Å². The summed E-state index contributed by atoms with van der Waals surface area (Å²) in [4.78, 5) is 14.1. The highest BCUT2D eigenvalue weighted by atomic mass is 19.2. The van der Waals surface area contributed by atoms with E-state index in [2.05, 4.69) is 0 Å². The molecule has 25 heavy (non-hydrogen) atoms. The van der Waals surface area contributed by atoms with E-state index in [-0.39, 0.29) is 29.7 Å². The molecule has 2 aromatic rings. The first-order chi connectivity index (χ1) is 12.0. The Morgan fingerprint density at radius 1 is 1.16 bits per heavy atom. The lowest BCUT2D eigenvalue weighted by Gasteiger charge is -2.32. The normalized spacial score (nSPS) is 17.6. The van der Waals surface area contributed by atoms with E-state index in [1.54, 1.807) is 11.0 Å². The van der Waals surface area contributed by atoms with Gasteiger partial charge in [0.1, 0.15) is 5.82 Å². The van der Waals surface area contributed by atoms with Gasteiger partial charge in [-0.25, -0.2) is 13.2 Å². The van der Waals surface area contributed by atoms with Crippen LogP contribution in [0.2, 0.25) is 0 Å². The van der Waals surface area contributed by atoms with E-state index in [1.807, 2.05) is 0 Å². The topological polar surface area (TPSA) is 29.5 Å². The number of amides is 1. The second-order valence-corrected chi connectivity index (χ2v) is 6.05. The maximum absolute atomic E-state index is 13.7. The van der Waals surface area contributed by atoms with E-state index < -0.39 is 17.5 Å². The predicted octanol–water partition coefficient (Wildman–Crippen LogP) is 3.93. The first-order valence-corrected chi connectivity index (χ1v) is 8.14. The van der Waals surface area contributed by atoms with Crippen LogP contribution in [0, 0.1) is 17.5 Å². The van der Waals surface area contributed by atoms with Crippen LogP contribution >= 0.6 is 0 Å². The summed E-state index contributed by atoms with van der Waals surface area (Å²) in [5, 5.41) is 0. The molecule has 0 saturated carbocycles. The number of ether oxygens (including phenoxy) is 1. The maximum Gasteiger partial charge on any atom is 0.254 e. The third-order valence-corrected chi connectivity index (χ3v) is 4.24. The summed E-state index contributed by atoms with van der Waals surface area (Å²) in [7, 11) is 0. The summed E-state index contributed by atoms with van der Waals surface area (Å²) < 4.78 is 45.8. The zero-order chi connectivity index (χ0) is 17.8. The Kier molecular flexibility index (Phi) is 5.38. The minimum atomic E-state index is -0.911. The zero-order valence-corrected chi connectivity index (χ0v) is 13.6. The molecule has 0 unspecified atom stereocenters. The van der Waals surface area contributed by atoms with Gasteiger partial charge in [0.2, 0.25) is 0 Å². The lowest BCUT2D eigenvalue weighted by Crippen LogP contribution is -2.43. The van der Waals surface area contributed by atoms with Crippen molar-refractivity contribution in [1.82, 2.24) is 4.90 Å². The van der Waals surface area contributed by atoms with Gasteiger partial charge < -0.3 is 9.64 Å². The Hall–Kier alpha value is -2.34. The van der Waals surface area contributed by atoms with Crippen molar-refractivity contribution >= 4 is 5.91 Å². The fourth-order valence-corrected chi connectivity index (χ4v) is 2.93. The third-order valence-electron chi connectivity index (χ3n) is 4.24. The lowest BCUT2D eigenvalue weighted by molar-refractivity contribution is -0.00777. The lowest BCUT2D eigenvalue weighted by atomic mass is 10.1.